The predicted molar refractivity (Wildman–Crippen MR) is 105 cm³/mol. The maximum atomic E-state index is 13.3. The zero-order valence-corrected chi connectivity index (χ0v) is 16.0. The molecule has 4 rings (SSSR count). The molecule has 0 radical (unpaired) electrons. The summed E-state index contributed by atoms with van der Waals surface area (Å²) in [6.45, 7) is 2.27. The number of halogens is 2. The summed E-state index contributed by atoms with van der Waals surface area (Å²) < 4.78 is 13.3. The van der Waals surface area contributed by atoms with Crippen molar-refractivity contribution < 1.29 is 9.18 Å². The van der Waals surface area contributed by atoms with Crippen LogP contribution in [0.1, 0.15) is 36.3 Å². The molecule has 3 nitrogen and oxygen atoms in total. The van der Waals surface area contributed by atoms with Crippen LogP contribution in [0.25, 0.3) is 0 Å². The molecule has 0 aromatic heterocycles. The van der Waals surface area contributed by atoms with E-state index in [9.17, 15) is 9.18 Å². The van der Waals surface area contributed by atoms with Gasteiger partial charge in [-0.1, -0.05) is 41.9 Å². The molecule has 2 fully saturated rings. The molecule has 142 valence electrons. The Balaban J connectivity index is 1.53. The third kappa shape index (κ3) is 4.69. The summed E-state index contributed by atoms with van der Waals surface area (Å²) in [5.41, 5.74) is 2.16. The van der Waals surface area contributed by atoms with Crippen molar-refractivity contribution in [2.24, 2.45) is 5.92 Å². The zero-order chi connectivity index (χ0) is 18.8. The second kappa shape index (κ2) is 7.99. The van der Waals surface area contributed by atoms with Gasteiger partial charge in [-0.2, -0.15) is 0 Å². The highest BCUT2D eigenvalue weighted by molar-refractivity contribution is 6.31. The van der Waals surface area contributed by atoms with E-state index < -0.39 is 0 Å². The fourth-order valence-electron chi connectivity index (χ4n) is 3.90. The molecule has 1 heterocycles. The van der Waals surface area contributed by atoms with Crippen molar-refractivity contribution in [2.45, 2.75) is 37.8 Å². The van der Waals surface area contributed by atoms with Crippen LogP contribution in [0.2, 0.25) is 5.02 Å². The Hall–Kier alpha value is -1.91. The lowest BCUT2D eigenvalue weighted by atomic mass is 9.84. The third-order valence-electron chi connectivity index (χ3n) is 5.51. The largest absolute Gasteiger partial charge is 0.353 e. The van der Waals surface area contributed by atoms with Crippen molar-refractivity contribution in [3.05, 3.63) is 70.5 Å². The molecule has 2 aromatic carbocycles. The molecular weight excluding hydrogens is 363 g/mol. The second-order valence-electron chi connectivity index (χ2n) is 7.75. The average molecular weight is 387 g/mol. The Bertz CT molecular complexity index is 806. The Morgan fingerprint density at radius 3 is 2.56 bits per heavy atom. The van der Waals surface area contributed by atoms with Gasteiger partial charge in [0.1, 0.15) is 5.82 Å². The Morgan fingerprint density at radius 2 is 1.85 bits per heavy atom. The van der Waals surface area contributed by atoms with Crippen LogP contribution >= 0.6 is 11.6 Å². The highest BCUT2D eigenvalue weighted by atomic mass is 35.5. The molecule has 1 saturated heterocycles. The SMILES string of the molecule is O=C(NC1CC1)C1CC(c2ccc(F)cc2)CN(Cc2ccccc2Cl)C1. The molecule has 27 heavy (non-hydrogen) atoms. The quantitative estimate of drug-likeness (QED) is 0.827. The molecule has 1 saturated carbocycles. The van der Waals surface area contributed by atoms with Gasteiger partial charge in [0, 0.05) is 30.7 Å². The lowest BCUT2D eigenvalue weighted by Crippen LogP contribution is -2.45. The van der Waals surface area contributed by atoms with Gasteiger partial charge in [0.25, 0.3) is 0 Å². The summed E-state index contributed by atoms with van der Waals surface area (Å²) in [6, 6.07) is 14.9. The van der Waals surface area contributed by atoms with Crippen LogP contribution in [0.15, 0.2) is 48.5 Å². The van der Waals surface area contributed by atoms with Crippen molar-refractivity contribution >= 4 is 17.5 Å². The Kier molecular flexibility index (Phi) is 5.46. The van der Waals surface area contributed by atoms with Gasteiger partial charge >= 0.3 is 0 Å². The number of likely N-dealkylation sites (tertiary alicyclic amines) is 1. The first kappa shape index (κ1) is 18.5. The maximum Gasteiger partial charge on any atom is 0.224 e. The standard InChI is InChI=1S/C22H24ClFN2O/c23-21-4-2-1-3-16(21)12-26-13-17(15-5-7-19(24)8-6-15)11-18(14-26)22(27)25-20-9-10-20/h1-8,17-18,20H,9-14H2,(H,25,27). The van der Waals surface area contributed by atoms with E-state index >= 15 is 0 Å². The first-order valence-electron chi connectivity index (χ1n) is 9.60. The van der Waals surface area contributed by atoms with Gasteiger partial charge in [-0.05, 0) is 54.5 Å². The first-order valence-corrected chi connectivity index (χ1v) is 9.98. The molecule has 1 N–H and O–H groups in total. The molecule has 2 aliphatic rings. The minimum absolute atomic E-state index is 0.0584. The van der Waals surface area contributed by atoms with Gasteiger partial charge in [-0.3, -0.25) is 9.69 Å². The average Bonchev–Trinajstić information content (AvgIpc) is 3.48. The highest BCUT2D eigenvalue weighted by Gasteiger charge is 2.34. The number of amides is 1. The third-order valence-corrected chi connectivity index (χ3v) is 5.88. The summed E-state index contributed by atoms with van der Waals surface area (Å²) in [4.78, 5) is 15.0. The summed E-state index contributed by atoms with van der Waals surface area (Å²) >= 11 is 6.34. The minimum atomic E-state index is -0.231. The van der Waals surface area contributed by atoms with Crippen molar-refractivity contribution in [1.29, 1.82) is 0 Å². The van der Waals surface area contributed by atoms with Crippen LogP contribution in [-0.2, 0) is 11.3 Å². The number of nitrogens with one attached hydrogen (secondary N) is 1. The molecule has 5 heteroatoms. The minimum Gasteiger partial charge on any atom is -0.353 e. The molecule has 2 aromatic rings. The van der Waals surface area contributed by atoms with Crippen LogP contribution in [0.3, 0.4) is 0 Å². The maximum absolute atomic E-state index is 13.3. The van der Waals surface area contributed by atoms with Crippen molar-refractivity contribution in [3.8, 4) is 0 Å². The second-order valence-corrected chi connectivity index (χ2v) is 8.16. The lowest BCUT2D eigenvalue weighted by molar-refractivity contribution is -0.127. The van der Waals surface area contributed by atoms with Gasteiger partial charge in [0.15, 0.2) is 0 Å². The molecule has 2 atom stereocenters. The summed E-state index contributed by atoms with van der Waals surface area (Å²) in [6.07, 6.45) is 2.97. The first-order chi connectivity index (χ1) is 13.1. The Morgan fingerprint density at radius 1 is 1.11 bits per heavy atom. The van der Waals surface area contributed by atoms with Crippen LogP contribution in [-0.4, -0.2) is 29.9 Å². The van der Waals surface area contributed by atoms with Crippen molar-refractivity contribution in [2.75, 3.05) is 13.1 Å². The number of hydrogen-bond donors (Lipinski definition) is 1. The van der Waals surface area contributed by atoms with E-state index in [0.29, 0.717) is 12.6 Å². The van der Waals surface area contributed by atoms with Gasteiger partial charge in [0.2, 0.25) is 5.91 Å². The van der Waals surface area contributed by atoms with E-state index in [1.165, 1.54) is 12.1 Å². The summed E-state index contributed by atoms with van der Waals surface area (Å²) in [5.74, 6) is 0.0626. The number of benzene rings is 2. The zero-order valence-electron chi connectivity index (χ0n) is 15.2. The van der Waals surface area contributed by atoms with Crippen LogP contribution in [0, 0.1) is 11.7 Å². The fraction of sp³-hybridized carbons (Fsp3) is 0.409. The molecule has 1 aliphatic carbocycles. The van der Waals surface area contributed by atoms with E-state index in [1.807, 2.05) is 36.4 Å². The number of carbonyl (C=O) groups excluding carboxylic acids is 1. The van der Waals surface area contributed by atoms with E-state index in [2.05, 4.69) is 10.2 Å². The number of rotatable bonds is 5. The van der Waals surface area contributed by atoms with E-state index in [-0.39, 0.29) is 23.6 Å². The van der Waals surface area contributed by atoms with Crippen molar-refractivity contribution in [3.63, 3.8) is 0 Å². The van der Waals surface area contributed by atoms with E-state index in [0.717, 1.165) is 48.5 Å². The Labute approximate surface area is 164 Å². The predicted octanol–water partition coefficient (Wildman–Crippen LogP) is 4.36. The van der Waals surface area contributed by atoms with Crippen LogP contribution < -0.4 is 5.32 Å². The molecule has 0 bridgehead atoms. The molecule has 0 spiro atoms. The molecule has 2 unspecified atom stereocenters. The monoisotopic (exact) mass is 386 g/mol. The van der Waals surface area contributed by atoms with Gasteiger partial charge in [-0.15, -0.1) is 0 Å². The van der Waals surface area contributed by atoms with Gasteiger partial charge in [-0.25, -0.2) is 4.39 Å². The number of nitrogens with zero attached hydrogens (tertiary/aromatic N) is 1. The number of hydrogen-bond acceptors (Lipinski definition) is 2. The smallest absolute Gasteiger partial charge is 0.224 e. The number of carbonyl (C=O) groups is 1. The van der Waals surface area contributed by atoms with E-state index in [1.54, 1.807) is 0 Å². The lowest BCUT2D eigenvalue weighted by Gasteiger charge is -2.37. The van der Waals surface area contributed by atoms with Crippen LogP contribution in [0.4, 0.5) is 4.39 Å². The summed E-state index contributed by atoms with van der Waals surface area (Å²) in [5, 5.41) is 3.90. The summed E-state index contributed by atoms with van der Waals surface area (Å²) in [7, 11) is 0. The molecule has 1 amide bonds. The molecular formula is C22H24ClFN2O. The fourth-order valence-corrected chi connectivity index (χ4v) is 4.10. The highest BCUT2D eigenvalue weighted by Crippen LogP contribution is 2.33. The normalized spacial score (nSPS) is 23.2. The van der Waals surface area contributed by atoms with Crippen LogP contribution in [0.5, 0.6) is 0 Å². The topological polar surface area (TPSA) is 32.3 Å². The van der Waals surface area contributed by atoms with Gasteiger partial charge < -0.3 is 5.32 Å². The molecule has 1 aliphatic heterocycles. The van der Waals surface area contributed by atoms with Crippen molar-refractivity contribution in [1.82, 2.24) is 10.2 Å². The van der Waals surface area contributed by atoms with Gasteiger partial charge in [0.05, 0.1) is 5.92 Å². The number of piperidine rings is 1. The van der Waals surface area contributed by atoms with E-state index in [4.69, 9.17) is 11.6 Å².